The van der Waals surface area contributed by atoms with Crippen molar-refractivity contribution in [3.8, 4) is 0 Å². The van der Waals surface area contributed by atoms with Gasteiger partial charge in [0.1, 0.15) is 5.52 Å². The molecule has 2 N–H and O–H groups in total. The quantitative estimate of drug-likeness (QED) is 0.807. The lowest BCUT2D eigenvalue weighted by molar-refractivity contribution is 0.473. The van der Waals surface area contributed by atoms with Gasteiger partial charge >= 0.3 is 0 Å². The monoisotopic (exact) mass is 245 g/mol. The molecule has 4 heteroatoms. The van der Waals surface area contributed by atoms with Gasteiger partial charge in [0.2, 0.25) is 0 Å². The lowest BCUT2D eigenvalue weighted by Gasteiger charge is -2.17. The van der Waals surface area contributed by atoms with Crippen molar-refractivity contribution in [1.82, 2.24) is 14.9 Å². The van der Waals surface area contributed by atoms with Gasteiger partial charge < -0.3 is 14.9 Å². The number of pyridine rings is 1. The molecule has 18 heavy (non-hydrogen) atoms. The largest absolute Gasteiger partial charge is 0.339 e. The standard InChI is InChI=1S/C14H19N3O/c1-10-8-11-5-7-17(13(11)14(18)16-10)12-4-2-3-6-15-9-12/h5,7-8,12,15H,2-4,6,9H2,1H3,(H,16,18). The summed E-state index contributed by atoms with van der Waals surface area (Å²) in [7, 11) is 0. The lowest BCUT2D eigenvalue weighted by atomic mass is 10.1. The third kappa shape index (κ3) is 1.97. The minimum Gasteiger partial charge on any atom is -0.339 e. The van der Waals surface area contributed by atoms with E-state index in [0.717, 1.165) is 36.1 Å². The van der Waals surface area contributed by atoms with Crippen molar-refractivity contribution in [3.05, 3.63) is 34.4 Å². The summed E-state index contributed by atoms with van der Waals surface area (Å²) in [6.45, 7) is 3.97. The first-order chi connectivity index (χ1) is 8.75. The first-order valence-corrected chi connectivity index (χ1v) is 6.67. The fourth-order valence-corrected chi connectivity index (χ4v) is 2.88. The molecule has 1 aliphatic heterocycles. The van der Waals surface area contributed by atoms with E-state index in [4.69, 9.17) is 0 Å². The Balaban J connectivity index is 2.09. The Morgan fingerprint density at radius 3 is 3.17 bits per heavy atom. The van der Waals surface area contributed by atoms with Gasteiger partial charge in [-0.3, -0.25) is 4.79 Å². The van der Waals surface area contributed by atoms with Crippen LogP contribution in [0, 0.1) is 6.92 Å². The topological polar surface area (TPSA) is 49.8 Å². The maximum atomic E-state index is 12.1. The predicted molar refractivity (Wildman–Crippen MR) is 73.1 cm³/mol. The third-order valence-electron chi connectivity index (χ3n) is 3.76. The van der Waals surface area contributed by atoms with E-state index in [2.05, 4.69) is 21.1 Å². The maximum absolute atomic E-state index is 12.1. The van der Waals surface area contributed by atoms with Crippen LogP contribution in [0.15, 0.2) is 23.1 Å². The van der Waals surface area contributed by atoms with Crippen molar-refractivity contribution in [2.75, 3.05) is 13.1 Å². The van der Waals surface area contributed by atoms with Gasteiger partial charge in [0.15, 0.2) is 0 Å². The Morgan fingerprint density at radius 2 is 2.28 bits per heavy atom. The Morgan fingerprint density at radius 1 is 1.39 bits per heavy atom. The molecule has 1 fully saturated rings. The van der Waals surface area contributed by atoms with Crippen LogP contribution in [0.3, 0.4) is 0 Å². The zero-order valence-electron chi connectivity index (χ0n) is 10.7. The van der Waals surface area contributed by atoms with Crippen molar-refractivity contribution in [1.29, 1.82) is 0 Å². The zero-order chi connectivity index (χ0) is 12.5. The molecule has 2 aromatic rings. The number of H-pyrrole nitrogens is 1. The number of rotatable bonds is 1. The summed E-state index contributed by atoms with van der Waals surface area (Å²) in [6, 6.07) is 4.48. The summed E-state index contributed by atoms with van der Waals surface area (Å²) in [5.74, 6) is 0. The fourth-order valence-electron chi connectivity index (χ4n) is 2.88. The molecule has 3 heterocycles. The summed E-state index contributed by atoms with van der Waals surface area (Å²) in [5.41, 5.74) is 1.76. The summed E-state index contributed by atoms with van der Waals surface area (Å²) >= 11 is 0. The van der Waals surface area contributed by atoms with E-state index in [9.17, 15) is 4.79 Å². The molecule has 0 amide bonds. The normalized spacial score (nSPS) is 21.1. The summed E-state index contributed by atoms with van der Waals surface area (Å²) in [5, 5.41) is 4.49. The number of hydrogen-bond acceptors (Lipinski definition) is 2. The average Bonchev–Trinajstić information content (AvgIpc) is 2.59. The van der Waals surface area contributed by atoms with Gasteiger partial charge in [0.05, 0.1) is 0 Å². The molecule has 0 aromatic carbocycles. The molecule has 0 radical (unpaired) electrons. The van der Waals surface area contributed by atoms with Crippen LogP contribution in [0.1, 0.15) is 31.0 Å². The number of aromatic amines is 1. The fraction of sp³-hybridized carbons (Fsp3) is 0.500. The van der Waals surface area contributed by atoms with Crippen molar-refractivity contribution in [2.45, 2.75) is 32.2 Å². The predicted octanol–water partition coefficient (Wildman–Crippen LogP) is 1.95. The minimum atomic E-state index is 0.0271. The Hall–Kier alpha value is -1.55. The second-order valence-electron chi connectivity index (χ2n) is 5.16. The van der Waals surface area contributed by atoms with Crippen LogP contribution < -0.4 is 10.9 Å². The second-order valence-corrected chi connectivity index (χ2v) is 5.16. The smallest absolute Gasteiger partial charge is 0.272 e. The van der Waals surface area contributed by atoms with E-state index in [-0.39, 0.29) is 5.56 Å². The average molecular weight is 245 g/mol. The molecule has 96 valence electrons. The molecule has 1 saturated heterocycles. The second kappa shape index (κ2) is 4.61. The highest BCUT2D eigenvalue weighted by atomic mass is 16.1. The third-order valence-corrected chi connectivity index (χ3v) is 3.76. The molecule has 1 aliphatic rings. The van der Waals surface area contributed by atoms with Crippen LogP contribution in [0.5, 0.6) is 0 Å². The molecular formula is C14H19N3O. The lowest BCUT2D eigenvalue weighted by Crippen LogP contribution is -2.24. The molecule has 3 rings (SSSR count). The van der Waals surface area contributed by atoms with Gasteiger partial charge in [0.25, 0.3) is 5.56 Å². The van der Waals surface area contributed by atoms with Crippen LogP contribution in [0.4, 0.5) is 0 Å². The van der Waals surface area contributed by atoms with Crippen molar-refractivity contribution in [2.24, 2.45) is 0 Å². The first-order valence-electron chi connectivity index (χ1n) is 6.67. The number of hydrogen-bond donors (Lipinski definition) is 2. The Bertz CT molecular complexity index is 603. The highest BCUT2D eigenvalue weighted by molar-refractivity contribution is 5.79. The maximum Gasteiger partial charge on any atom is 0.272 e. The van der Waals surface area contributed by atoms with Gasteiger partial charge in [-0.1, -0.05) is 6.42 Å². The molecular weight excluding hydrogens is 226 g/mol. The number of nitrogens with one attached hydrogen (secondary N) is 2. The van der Waals surface area contributed by atoms with Gasteiger partial charge in [0, 0.05) is 29.9 Å². The first kappa shape index (κ1) is 11.5. The van der Waals surface area contributed by atoms with E-state index >= 15 is 0 Å². The van der Waals surface area contributed by atoms with Crippen LogP contribution in [-0.2, 0) is 0 Å². The molecule has 1 unspecified atom stereocenters. The highest BCUT2D eigenvalue weighted by Gasteiger charge is 2.16. The summed E-state index contributed by atoms with van der Waals surface area (Å²) < 4.78 is 2.14. The Labute approximate surface area is 106 Å². The minimum absolute atomic E-state index is 0.0271. The van der Waals surface area contributed by atoms with E-state index in [1.165, 1.54) is 12.8 Å². The molecule has 0 saturated carbocycles. The number of aryl methyl sites for hydroxylation is 1. The van der Waals surface area contributed by atoms with Crippen molar-refractivity contribution >= 4 is 10.9 Å². The molecule has 0 spiro atoms. The van der Waals surface area contributed by atoms with Gasteiger partial charge in [-0.2, -0.15) is 0 Å². The molecule has 0 bridgehead atoms. The zero-order valence-corrected chi connectivity index (χ0v) is 10.7. The summed E-state index contributed by atoms with van der Waals surface area (Å²) in [6.07, 6.45) is 5.65. The van der Waals surface area contributed by atoms with Crippen LogP contribution in [0.25, 0.3) is 10.9 Å². The number of nitrogens with zero attached hydrogens (tertiary/aromatic N) is 1. The van der Waals surface area contributed by atoms with Crippen LogP contribution >= 0.6 is 0 Å². The van der Waals surface area contributed by atoms with E-state index in [1.54, 1.807) is 0 Å². The van der Waals surface area contributed by atoms with E-state index in [1.807, 2.05) is 19.1 Å². The Kier molecular flexibility index (Phi) is 2.96. The SMILES string of the molecule is Cc1cc2ccn(C3CCCCNC3)c2c(=O)[nH]1. The molecule has 0 aliphatic carbocycles. The van der Waals surface area contributed by atoms with Gasteiger partial charge in [-0.15, -0.1) is 0 Å². The summed E-state index contributed by atoms with van der Waals surface area (Å²) in [4.78, 5) is 15.0. The van der Waals surface area contributed by atoms with Crippen molar-refractivity contribution < 1.29 is 0 Å². The molecule has 4 nitrogen and oxygen atoms in total. The molecule has 1 atom stereocenters. The van der Waals surface area contributed by atoms with E-state index in [0.29, 0.717) is 6.04 Å². The van der Waals surface area contributed by atoms with Crippen LogP contribution in [-0.4, -0.2) is 22.6 Å². The van der Waals surface area contributed by atoms with Gasteiger partial charge in [-0.25, -0.2) is 0 Å². The van der Waals surface area contributed by atoms with Crippen LogP contribution in [0.2, 0.25) is 0 Å². The van der Waals surface area contributed by atoms with E-state index < -0.39 is 0 Å². The van der Waals surface area contributed by atoms with Crippen molar-refractivity contribution in [3.63, 3.8) is 0 Å². The van der Waals surface area contributed by atoms with Gasteiger partial charge in [-0.05, 0) is 38.4 Å². The number of aromatic nitrogens is 2. The molecule has 2 aromatic heterocycles. The number of fused-ring (bicyclic) bond motifs is 1. The highest BCUT2D eigenvalue weighted by Crippen LogP contribution is 2.22.